The van der Waals surface area contributed by atoms with Crippen molar-refractivity contribution in [2.75, 3.05) is 0 Å². The Morgan fingerprint density at radius 3 is 2.76 bits per heavy atom. The van der Waals surface area contributed by atoms with E-state index in [-0.39, 0.29) is 12.3 Å². The van der Waals surface area contributed by atoms with Gasteiger partial charge in [-0.1, -0.05) is 13.3 Å². The number of aliphatic carboxylic acids is 1. The third-order valence-corrected chi connectivity index (χ3v) is 3.47. The van der Waals surface area contributed by atoms with Crippen LogP contribution in [0.25, 0.3) is 11.4 Å². The fourth-order valence-electron chi connectivity index (χ4n) is 2.27. The topological polar surface area (TPSA) is 93.8 Å². The van der Waals surface area contributed by atoms with Crippen LogP contribution < -0.4 is 0 Å². The van der Waals surface area contributed by atoms with E-state index in [1.54, 1.807) is 4.68 Å². The highest BCUT2D eigenvalue weighted by Crippen LogP contribution is 2.21. The van der Waals surface area contributed by atoms with Gasteiger partial charge in [0.1, 0.15) is 0 Å². The summed E-state index contributed by atoms with van der Waals surface area (Å²) in [5, 5.41) is 20.7. The molecule has 0 aromatic carbocycles. The maximum absolute atomic E-state index is 10.9. The molecule has 0 aliphatic carbocycles. The normalized spacial score (nSPS) is 12.3. The van der Waals surface area contributed by atoms with E-state index in [2.05, 4.69) is 20.5 Å². The minimum absolute atomic E-state index is 0.00321. The summed E-state index contributed by atoms with van der Waals surface area (Å²) in [5.74, 6) is -0.169. The van der Waals surface area contributed by atoms with Crippen molar-refractivity contribution in [1.82, 2.24) is 25.2 Å². The molecule has 0 aliphatic rings. The number of hydrogen-bond acceptors (Lipinski definition) is 5. The molecule has 0 saturated heterocycles. The fourth-order valence-corrected chi connectivity index (χ4v) is 2.27. The van der Waals surface area contributed by atoms with Gasteiger partial charge in [0.05, 0.1) is 0 Å². The predicted octanol–water partition coefficient (Wildman–Crippen LogP) is 1.85. The molecule has 0 bridgehead atoms. The summed E-state index contributed by atoms with van der Waals surface area (Å²) in [6.07, 6.45) is 0.873. The Balaban J connectivity index is 2.27. The lowest BCUT2D eigenvalue weighted by molar-refractivity contribution is -0.138. The standard InChI is InChI=1S/C14H19N5O2/c1-4-11(7-13(20)21)8-19-14(16-17-18-19)12-6-5-9(2)15-10(12)3/h5-6,11H,4,7-8H2,1-3H3,(H,20,21). The Bertz CT molecular complexity index is 638. The monoisotopic (exact) mass is 289 g/mol. The summed E-state index contributed by atoms with van der Waals surface area (Å²) in [6.45, 7) is 6.30. The van der Waals surface area contributed by atoms with E-state index in [9.17, 15) is 4.79 Å². The second-order valence-corrected chi connectivity index (χ2v) is 5.14. The van der Waals surface area contributed by atoms with E-state index in [0.29, 0.717) is 12.4 Å². The molecule has 0 radical (unpaired) electrons. The SMILES string of the molecule is CCC(CC(=O)O)Cn1nnnc1-c1ccc(C)nc1C. The molecule has 2 rings (SSSR count). The van der Waals surface area contributed by atoms with Crippen LogP contribution in [0.15, 0.2) is 12.1 Å². The molecule has 1 unspecified atom stereocenters. The third kappa shape index (κ3) is 3.62. The van der Waals surface area contributed by atoms with E-state index in [4.69, 9.17) is 5.11 Å². The number of nitrogens with zero attached hydrogens (tertiary/aromatic N) is 5. The van der Waals surface area contributed by atoms with Gasteiger partial charge in [-0.25, -0.2) is 4.68 Å². The van der Waals surface area contributed by atoms with Gasteiger partial charge in [0, 0.05) is 29.9 Å². The van der Waals surface area contributed by atoms with Gasteiger partial charge in [0.15, 0.2) is 5.82 Å². The Labute approximate surface area is 123 Å². The molecule has 7 nitrogen and oxygen atoms in total. The second kappa shape index (κ2) is 6.43. The lowest BCUT2D eigenvalue weighted by atomic mass is 10.0. The van der Waals surface area contributed by atoms with Crippen LogP contribution in [0.5, 0.6) is 0 Å². The first-order valence-electron chi connectivity index (χ1n) is 6.93. The lowest BCUT2D eigenvalue weighted by Crippen LogP contribution is -2.16. The smallest absolute Gasteiger partial charge is 0.303 e. The Kier molecular flexibility index (Phi) is 4.62. The third-order valence-electron chi connectivity index (χ3n) is 3.47. The maximum Gasteiger partial charge on any atom is 0.303 e. The number of pyridine rings is 1. The van der Waals surface area contributed by atoms with Gasteiger partial charge < -0.3 is 5.11 Å². The molecule has 2 heterocycles. The number of aromatic nitrogens is 5. The van der Waals surface area contributed by atoms with Gasteiger partial charge in [0.25, 0.3) is 0 Å². The van der Waals surface area contributed by atoms with Gasteiger partial charge in [-0.2, -0.15) is 0 Å². The van der Waals surface area contributed by atoms with Crippen LogP contribution in [0, 0.1) is 19.8 Å². The quantitative estimate of drug-likeness (QED) is 0.872. The Morgan fingerprint density at radius 1 is 1.38 bits per heavy atom. The molecular formula is C14H19N5O2. The number of aryl methyl sites for hydroxylation is 2. The van der Waals surface area contributed by atoms with Crippen molar-refractivity contribution in [2.24, 2.45) is 5.92 Å². The van der Waals surface area contributed by atoms with Crippen LogP contribution in [0.3, 0.4) is 0 Å². The Morgan fingerprint density at radius 2 is 2.14 bits per heavy atom. The van der Waals surface area contributed by atoms with Crippen LogP contribution in [0.4, 0.5) is 0 Å². The average Bonchev–Trinajstić information content (AvgIpc) is 2.85. The zero-order valence-corrected chi connectivity index (χ0v) is 12.4. The largest absolute Gasteiger partial charge is 0.481 e. The number of hydrogen-bond donors (Lipinski definition) is 1. The molecule has 112 valence electrons. The molecule has 0 fully saturated rings. The lowest BCUT2D eigenvalue weighted by Gasteiger charge is -2.13. The molecule has 1 atom stereocenters. The molecule has 7 heteroatoms. The first-order valence-corrected chi connectivity index (χ1v) is 6.93. The number of carboxylic acids is 1. The van der Waals surface area contributed by atoms with E-state index < -0.39 is 5.97 Å². The van der Waals surface area contributed by atoms with E-state index in [0.717, 1.165) is 23.4 Å². The summed E-state index contributed by atoms with van der Waals surface area (Å²) in [4.78, 5) is 15.3. The molecular weight excluding hydrogens is 270 g/mol. The van der Waals surface area contributed by atoms with Crippen molar-refractivity contribution >= 4 is 5.97 Å². The van der Waals surface area contributed by atoms with E-state index in [1.807, 2.05) is 32.9 Å². The molecule has 0 amide bonds. The zero-order valence-electron chi connectivity index (χ0n) is 12.4. The van der Waals surface area contributed by atoms with Gasteiger partial charge in [-0.05, 0) is 42.3 Å². The molecule has 0 spiro atoms. The molecule has 2 aromatic heterocycles. The van der Waals surface area contributed by atoms with Crippen LogP contribution in [-0.4, -0.2) is 36.3 Å². The zero-order chi connectivity index (χ0) is 15.4. The highest BCUT2D eigenvalue weighted by molar-refractivity contribution is 5.67. The molecule has 0 aliphatic heterocycles. The van der Waals surface area contributed by atoms with Crippen LogP contribution >= 0.6 is 0 Å². The van der Waals surface area contributed by atoms with Crippen LogP contribution in [-0.2, 0) is 11.3 Å². The van der Waals surface area contributed by atoms with E-state index in [1.165, 1.54) is 0 Å². The van der Waals surface area contributed by atoms with Gasteiger partial charge in [-0.3, -0.25) is 9.78 Å². The van der Waals surface area contributed by atoms with E-state index >= 15 is 0 Å². The van der Waals surface area contributed by atoms with Crippen molar-refractivity contribution in [3.05, 3.63) is 23.5 Å². The first-order chi connectivity index (χ1) is 10.0. The maximum atomic E-state index is 10.9. The summed E-state index contributed by atoms with van der Waals surface area (Å²) in [5.41, 5.74) is 2.67. The van der Waals surface area contributed by atoms with Crippen molar-refractivity contribution in [3.63, 3.8) is 0 Å². The van der Waals surface area contributed by atoms with Gasteiger partial charge >= 0.3 is 5.97 Å². The van der Waals surface area contributed by atoms with Gasteiger partial charge in [0.2, 0.25) is 0 Å². The van der Waals surface area contributed by atoms with Crippen LogP contribution in [0.2, 0.25) is 0 Å². The van der Waals surface area contributed by atoms with Crippen molar-refractivity contribution in [3.8, 4) is 11.4 Å². The fraction of sp³-hybridized carbons (Fsp3) is 0.500. The molecule has 21 heavy (non-hydrogen) atoms. The second-order valence-electron chi connectivity index (χ2n) is 5.14. The predicted molar refractivity (Wildman–Crippen MR) is 76.6 cm³/mol. The first kappa shape index (κ1) is 15.1. The van der Waals surface area contributed by atoms with Crippen molar-refractivity contribution in [1.29, 1.82) is 0 Å². The molecule has 2 aromatic rings. The van der Waals surface area contributed by atoms with Gasteiger partial charge in [-0.15, -0.1) is 5.10 Å². The minimum Gasteiger partial charge on any atom is -0.481 e. The van der Waals surface area contributed by atoms with Crippen molar-refractivity contribution in [2.45, 2.75) is 40.2 Å². The number of carbonyl (C=O) groups is 1. The average molecular weight is 289 g/mol. The highest BCUT2D eigenvalue weighted by Gasteiger charge is 2.17. The minimum atomic E-state index is -0.801. The summed E-state index contributed by atoms with van der Waals surface area (Å²) >= 11 is 0. The number of rotatable bonds is 6. The Hall–Kier alpha value is -2.31. The molecule has 1 N–H and O–H groups in total. The summed E-state index contributed by atoms with van der Waals surface area (Å²) in [7, 11) is 0. The summed E-state index contributed by atoms with van der Waals surface area (Å²) in [6, 6.07) is 3.86. The number of tetrazole rings is 1. The van der Waals surface area contributed by atoms with Crippen molar-refractivity contribution < 1.29 is 9.90 Å². The highest BCUT2D eigenvalue weighted by atomic mass is 16.4. The summed E-state index contributed by atoms with van der Waals surface area (Å²) < 4.78 is 1.66. The molecule has 0 saturated carbocycles. The number of carboxylic acid groups (broad SMARTS) is 1. The van der Waals surface area contributed by atoms with Crippen LogP contribution in [0.1, 0.15) is 31.2 Å².